The second kappa shape index (κ2) is 6.09. The van der Waals surface area contributed by atoms with Gasteiger partial charge in [-0.1, -0.05) is 6.92 Å². The highest BCUT2D eigenvalue weighted by atomic mass is 16.6. The number of anilines is 1. The Morgan fingerprint density at radius 2 is 2.25 bits per heavy atom. The fourth-order valence-electron chi connectivity index (χ4n) is 2.47. The Balaban J connectivity index is 2.28. The number of piperidine rings is 1. The first-order chi connectivity index (χ1) is 9.51. The Hall–Kier alpha value is -1.82. The first-order valence-corrected chi connectivity index (χ1v) is 6.86. The van der Waals surface area contributed by atoms with Gasteiger partial charge in [-0.15, -0.1) is 0 Å². The van der Waals surface area contributed by atoms with E-state index < -0.39 is 4.92 Å². The minimum absolute atomic E-state index is 0.0322. The molecule has 2 atom stereocenters. The fourth-order valence-corrected chi connectivity index (χ4v) is 2.47. The van der Waals surface area contributed by atoms with Crippen LogP contribution in [0.3, 0.4) is 0 Å². The highest BCUT2D eigenvalue weighted by Gasteiger charge is 2.25. The zero-order valence-corrected chi connectivity index (χ0v) is 11.8. The van der Waals surface area contributed by atoms with Crippen molar-refractivity contribution < 1.29 is 14.8 Å². The number of aliphatic hydroxyl groups excluding tert-OH is 1. The van der Waals surface area contributed by atoms with Crippen LogP contribution in [0, 0.1) is 16.0 Å². The van der Waals surface area contributed by atoms with E-state index in [-0.39, 0.29) is 17.7 Å². The number of benzene rings is 1. The fraction of sp³-hybridized carbons (Fsp3) is 0.571. The normalized spacial score (nSPS) is 22.6. The lowest BCUT2D eigenvalue weighted by Gasteiger charge is -2.36. The number of rotatable bonds is 4. The van der Waals surface area contributed by atoms with Gasteiger partial charge in [-0.05, 0) is 19.3 Å². The topological polar surface area (TPSA) is 75.8 Å². The van der Waals surface area contributed by atoms with Crippen LogP contribution in [0.2, 0.25) is 0 Å². The van der Waals surface area contributed by atoms with Crippen molar-refractivity contribution in [1.82, 2.24) is 0 Å². The summed E-state index contributed by atoms with van der Waals surface area (Å²) in [6.45, 7) is 5.68. The van der Waals surface area contributed by atoms with Crippen LogP contribution in [0.5, 0.6) is 5.75 Å². The number of nitrogens with zero attached hydrogens (tertiary/aromatic N) is 2. The second-order valence-corrected chi connectivity index (χ2v) is 5.15. The van der Waals surface area contributed by atoms with Crippen molar-refractivity contribution in [3.8, 4) is 5.75 Å². The number of nitro groups is 1. The third kappa shape index (κ3) is 3.19. The van der Waals surface area contributed by atoms with Gasteiger partial charge in [0.05, 0.1) is 23.7 Å². The third-order valence-electron chi connectivity index (χ3n) is 3.62. The molecule has 2 rings (SSSR count). The summed E-state index contributed by atoms with van der Waals surface area (Å²) in [4.78, 5) is 12.7. The number of nitro benzene ring substituents is 1. The zero-order valence-electron chi connectivity index (χ0n) is 11.8. The van der Waals surface area contributed by atoms with Gasteiger partial charge in [-0.25, -0.2) is 0 Å². The van der Waals surface area contributed by atoms with Crippen LogP contribution in [0.1, 0.15) is 20.3 Å². The molecule has 110 valence electrons. The van der Waals surface area contributed by atoms with Crippen molar-refractivity contribution in [2.24, 2.45) is 5.92 Å². The molecule has 6 heteroatoms. The zero-order chi connectivity index (χ0) is 14.7. The lowest BCUT2D eigenvalue weighted by Crippen LogP contribution is -2.41. The van der Waals surface area contributed by atoms with Crippen molar-refractivity contribution in [3.05, 3.63) is 28.3 Å². The van der Waals surface area contributed by atoms with Gasteiger partial charge in [-0.2, -0.15) is 0 Å². The van der Waals surface area contributed by atoms with E-state index in [0.29, 0.717) is 31.9 Å². The maximum Gasteiger partial charge on any atom is 0.275 e. The summed E-state index contributed by atoms with van der Waals surface area (Å²) in [7, 11) is 0. The molecule has 2 unspecified atom stereocenters. The molecule has 0 spiro atoms. The summed E-state index contributed by atoms with van der Waals surface area (Å²) >= 11 is 0. The molecule has 1 heterocycles. The Morgan fingerprint density at radius 1 is 1.50 bits per heavy atom. The largest absolute Gasteiger partial charge is 0.494 e. The van der Waals surface area contributed by atoms with Crippen LogP contribution < -0.4 is 9.64 Å². The SMILES string of the molecule is CCOc1cc(N2CCC(O)C(C)C2)cc([N+](=O)[O-])c1. The van der Waals surface area contributed by atoms with E-state index in [1.807, 2.05) is 19.9 Å². The number of aliphatic hydroxyl groups is 1. The molecule has 0 aromatic heterocycles. The molecule has 20 heavy (non-hydrogen) atoms. The number of hydrogen-bond donors (Lipinski definition) is 1. The molecule has 0 radical (unpaired) electrons. The summed E-state index contributed by atoms with van der Waals surface area (Å²) in [5, 5.41) is 20.8. The molecule has 0 amide bonds. The van der Waals surface area contributed by atoms with Gasteiger partial charge in [0.25, 0.3) is 5.69 Å². The highest BCUT2D eigenvalue weighted by Crippen LogP contribution is 2.31. The van der Waals surface area contributed by atoms with Crippen LogP contribution in [0.15, 0.2) is 18.2 Å². The van der Waals surface area contributed by atoms with Gasteiger partial charge in [0.15, 0.2) is 0 Å². The quantitative estimate of drug-likeness (QED) is 0.676. The number of hydrogen-bond acceptors (Lipinski definition) is 5. The molecule has 1 fully saturated rings. The maximum atomic E-state index is 11.0. The van der Waals surface area contributed by atoms with Crippen molar-refractivity contribution in [2.45, 2.75) is 26.4 Å². The Kier molecular flexibility index (Phi) is 4.44. The smallest absolute Gasteiger partial charge is 0.275 e. The molecule has 1 saturated heterocycles. The number of ether oxygens (including phenoxy) is 1. The van der Waals surface area contributed by atoms with Gasteiger partial charge in [0, 0.05) is 30.9 Å². The molecular weight excluding hydrogens is 260 g/mol. The first-order valence-electron chi connectivity index (χ1n) is 6.86. The van der Waals surface area contributed by atoms with E-state index in [1.165, 1.54) is 6.07 Å². The second-order valence-electron chi connectivity index (χ2n) is 5.15. The van der Waals surface area contributed by atoms with Gasteiger partial charge >= 0.3 is 0 Å². The first kappa shape index (κ1) is 14.6. The molecule has 0 aliphatic carbocycles. The summed E-state index contributed by atoms with van der Waals surface area (Å²) in [6, 6.07) is 4.82. The average molecular weight is 280 g/mol. The van der Waals surface area contributed by atoms with Gasteiger partial charge in [0.2, 0.25) is 0 Å². The van der Waals surface area contributed by atoms with Gasteiger partial charge < -0.3 is 14.7 Å². The molecular formula is C14H20N2O4. The van der Waals surface area contributed by atoms with E-state index in [2.05, 4.69) is 4.90 Å². The summed E-state index contributed by atoms with van der Waals surface area (Å²) < 4.78 is 5.40. The van der Waals surface area contributed by atoms with Gasteiger partial charge in [0.1, 0.15) is 5.75 Å². The van der Waals surface area contributed by atoms with Crippen LogP contribution in [0.25, 0.3) is 0 Å². The van der Waals surface area contributed by atoms with E-state index in [4.69, 9.17) is 4.74 Å². The molecule has 1 aliphatic heterocycles. The maximum absolute atomic E-state index is 11.0. The Labute approximate surface area is 118 Å². The minimum Gasteiger partial charge on any atom is -0.494 e. The molecule has 1 aromatic carbocycles. The molecule has 6 nitrogen and oxygen atoms in total. The van der Waals surface area contributed by atoms with Gasteiger partial charge in [-0.3, -0.25) is 10.1 Å². The van der Waals surface area contributed by atoms with Crippen LogP contribution >= 0.6 is 0 Å². The van der Waals surface area contributed by atoms with E-state index >= 15 is 0 Å². The van der Waals surface area contributed by atoms with E-state index in [9.17, 15) is 15.2 Å². The van der Waals surface area contributed by atoms with Crippen LogP contribution in [0.4, 0.5) is 11.4 Å². The molecule has 0 saturated carbocycles. The number of non-ortho nitro benzene ring substituents is 1. The highest BCUT2D eigenvalue weighted by molar-refractivity contribution is 5.58. The standard InChI is InChI=1S/C14H20N2O4/c1-3-20-13-7-11(6-12(8-13)16(18)19)15-5-4-14(17)10(2)9-15/h6-8,10,14,17H,3-5,9H2,1-2H3. The van der Waals surface area contributed by atoms with Crippen molar-refractivity contribution >= 4 is 11.4 Å². The lowest BCUT2D eigenvalue weighted by molar-refractivity contribution is -0.384. The Bertz CT molecular complexity index is 492. The van der Waals surface area contributed by atoms with E-state index in [1.54, 1.807) is 6.07 Å². The van der Waals surface area contributed by atoms with Crippen molar-refractivity contribution in [3.63, 3.8) is 0 Å². The van der Waals surface area contributed by atoms with Crippen molar-refractivity contribution in [1.29, 1.82) is 0 Å². The lowest BCUT2D eigenvalue weighted by atomic mass is 9.96. The molecule has 1 aliphatic rings. The van der Waals surface area contributed by atoms with Crippen LogP contribution in [-0.4, -0.2) is 35.8 Å². The minimum atomic E-state index is -0.408. The van der Waals surface area contributed by atoms with Crippen molar-refractivity contribution in [2.75, 3.05) is 24.6 Å². The predicted molar refractivity (Wildman–Crippen MR) is 76.3 cm³/mol. The Morgan fingerprint density at radius 3 is 2.85 bits per heavy atom. The van der Waals surface area contributed by atoms with Crippen LogP contribution in [-0.2, 0) is 0 Å². The average Bonchev–Trinajstić information content (AvgIpc) is 2.42. The summed E-state index contributed by atoms with van der Waals surface area (Å²) in [5.74, 6) is 0.661. The molecule has 1 N–H and O–H groups in total. The third-order valence-corrected chi connectivity index (χ3v) is 3.62. The van der Waals surface area contributed by atoms with E-state index in [0.717, 1.165) is 5.69 Å². The predicted octanol–water partition coefficient (Wildman–Crippen LogP) is 2.20. The summed E-state index contributed by atoms with van der Waals surface area (Å²) in [5.41, 5.74) is 0.811. The summed E-state index contributed by atoms with van der Waals surface area (Å²) in [6.07, 6.45) is 0.379. The molecule has 1 aromatic rings. The molecule has 0 bridgehead atoms. The monoisotopic (exact) mass is 280 g/mol.